The Balaban J connectivity index is 3.08. The summed E-state index contributed by atoms with van der Waals surface area (Å²) in [6, 6.07) is 4.36. The van der Waals surface area contributed by atoms with E-state index >= 15 is 0 Å². The second-order valence-corrected chi connectivity index (χ2v) is 4.05. The maximum atomic E-state index is 12.0. The van der Waals surface area contributed by atoms with Crippen LogP contribution in [0.3, 0.4) is 0 Å². The van der Waals surface area contributed by atoms with Crippen molar-refractivity contribution in [2.75, 3.05) is 5.33 Å². The number of ether oxygens (including phenoxy) is 1. The smallest absolute Gasteiger partial charge is 0.387 e. The van der Waals surface area contributed by atoms with E-state index in [1.54, 1.807) is 6.07 Å². The fraction of sp³-hybridized carbons (Fsp3) is 0.222. The van der Waals surface area contributed by atoms with Gasteiger partial charge in [-0.3, -0.25) is 4.79 Å². The van der Waals surface area contributed by atoms with Crippen molar-refractivity contribution in [3.05, 3.63) is 28.2 Å². The molecule has 1 aromatic rings. The van der Waals surface area contributed by atoms with E-state index in [-0.39, 0.29) is 22.4 Å². The highest BCUT2D eigenvalue weighted by molar-refractivity contribution is 9.10. The van der Waals surface area contributed by atoms with Gasteiger partial charge >= 0.3 is 6.61 Å². The lowest BCUT2D eigenvalue weighted by molar-refractivity contribution is -0.0501. The third kappa shape index (κ3) is 3.53. The first-order valence-corrected chi connectivity index (χ1v) is 5.79. The van der Waals surface area contributed by atoms with Crippen LogP contribution in [0.5, 0.6) is 5.75 Å². The molecule has 6 heteroatoms. The monoisotopic (exact) mass is 342 g/mol. The number of carbonyl (C=O) groups excluding carboxylic acids is 1. The topological polar surface area (TPSA) is 26.3 Å². The number of hydrogen-bond donors (Lipinski definition) is 0. The van der Waals surface area contributed by atoms with Crippen molar-refractivity contribution < 1.29 is 18.3 Å². The van der Waals surface area contributed by atoms with Crippen LogP contribution in [0, 0.1) is 0 Å². The number of carbonyl (C=O) groups is 1. The van der Waals surface area contributed by atoms with Crippen molar-refractivity contribution >= 4 is 37.6 Å². The van der Waals surface area contributed by atoms with E-state index in [0.29, 0.717) is 4.47 Å². The SMILES string of the molecule is O=C(CBr)c1ccc(Br)cc1OC(F)F. The number of alkyl halides is 3. The van der Waals surface area contributed by atoms with Crippen LogP contribution >= 0.6 is 31.9 Å². The minimum atomic E-state index is -2.94. The summed E-state index contributed by atoms with van der Waals surface area (Å²) in [6.07, 6.45) is 0. The van der Waals surface area contributed by atoms with Crippen LogP contribution in [0.15, 0.2) is 22.7 Å². The second kappa shape index (κ2) is 5.55. The first kappa shape index (κ1) is 12.6. The molecule has 0 fully saturated rings. The number of benzene rings is 1. The molecular formula is C9H6Br2F2O2. The Morgan fingerprint density at radius 3 is 2.67 bits per heavy atom. The molecule has 2 nitrogen and oxygen atoms in total. The average molecular weight is 344 g/mol. The molecule has 1 rings (SSSR count). The molecule has 0 aliphatic heterocycles. The van der Waals surface area contributed by atoms with E-state index in [2.05, 4.69) is 36.6 Å². The summed E-state index contributed by atoms with van der Waals surface area (Å²) in [5, 5.41) is 0.0637. The van der Waals surface area contributed by atoms with E-state index in [1.165, 1.54) is 12.1 Å². The van der Waals surface area contributed by atoms with Gasteiger partial charge in [-0.2, -0.15) is 8.78 Å². The van der Waals surface area contributed by atoms with Gasteiger partial charge in [0, 0.05) is 4.47 Å². The summed E-state index contributed by atoms with van der Waals surface area (Å²) in [5.74, 6) is -0.429. The molecule has 0 amide bonds. The van der Waals surface area contributed by atoms with Crippen molar-refractivity contribution in [2.45, 2.75) is 6.61 Å². The van der Waals surface area contributed by atoms with Gasteiger partial charge in [-0.15, -0.1) is 0 Å². The fourth-order valence-electron chi connectivity index (χ4n) is 0.992. The van der Waals surface area contributed by atoms with Crippen LogP contribution in [0.1, 0.15) is 10.4 Å². The second-order valence-electron chi connectivity index (χ2n) is 2.58. The molecule has 15 heavy (non-hydrogen) atoms. The molecule has 0 atom stereocenters. The van der Waals surface area contributed by atoms with E-state index in [1.807, 2.05) is 0 Å². The van der Waals surface area contributed by atoms with Crippen molar-refractivity contribution in [1.82, 2.24) is 0 Å². The average Bonchev–Trinajstić information content (AvgIpc) is 2.16. The number of Topliss-reactive ketones (excluding diaryl/α,β-unsaturated/α-hetero) is 1. The molecule has 0 aliphatic rings. The Morgan fingerprint density at radius 1 is 1.47 bits per heavy atom. The van der Waals surface area contributed by atoms with Gasteiger partial charge in [0.1, 0.15) is 5.75 Å². The molecule has 0 N–H and O–H groups in total. The van der Waals surface area contributed by atoms with Gasteiger partial charge in [0.2, 0.25) is 0 Å². The highest BCUT2D eigenvalue weighted by Crippen LogP contribution is 2.26. The molecule has 0 saturated carbocycles. The third-order valence-corrected chi connectivity index (χ3v) is 2.58. The molecule has 82 valence electrons. The zero-order chi connectivity index (χ0) is 11.4. The third-order valence-electron chi connectivity index (χ3n) is 1.58. The van der Waals surface area contributed by atoms with E-state index in [9.17, 15) is 13.6 Å². The van der Waals surface area contributed by atoms with Gasteiger partial charge in [0.15, 0.2) is 5.78 Å². The van der Waals surface area contributed by atoms with Gasteiger partial charge in [0.25, 0.3) is 0 Å². The molecule has 1 aromatic carbocycles. The first-order chi connectivity index (χ1) is 7.04. The van der Waals surface area contributed by atoms with Crippen molar-refractivity contribution in [3.8, 4) is 5.75 Å². The van der Waals surface area contributed by atoms with Crippen LogP contribution in [0.2, 0.25) is 0 Å². The van der Waals surface area contributed by atoms with E-state index in [0.717, 1.165) is 0 Å². The highest BCUT2D eigenvalue weighted by Gasteiger charge is 2.15. The summed E-state index contributed by atoms with van der Waals surface area (Å²) in [6.45, 7) is -2.94. The van der Waals surface area contributed by atoms with Crippen molar-refractivity contribution in [2.24, 2.45) is 0 Å². The quantitative estimate of drug-likeness (QED) is 0.616. The summed E-state index contributed by atoms with van der Waals surface area (Å²) in [4.78, 5) is 11.3. The van der Waals surface area contributed by atoms with Crippen LogP contribution in [-0.4, -0.2) is 17.7 Å². The maximum absolute atomic E-state index is 12.0. The Bertz CT molecular complexity index is 369. The molecule has 0 heterocycles. The summed E-state index contributed by atoms with van der Waals surface area (Å²) in [5.41, 5.74) is 0.135. The zero-order valence-electron chi connectivity index (χ0n) is 7.34. The minimum Gasteiger partial charge on any atom is -0.434 e. The predicted octanol–water partition coefficient (Wildman–Crippen LogP) is 3.63. The van der Waals surface area contributed by atoms with Gasteiger partial charge in [-0.05, 0) is 18.2 Å². The van der Waals surface area contributed by atoms with Gasteiger partial charge in [0.05, 0.1) is 10.9 Å². The fourth-order valence-corrected chi connectivity index (χ4v) is 1.63. The highest BCUT2D eigenvalue weighted by atomic mass is 79.9. The van der Waals surface area contributed by atoms with E-state index < -0.39 is 6.61 Å². The predicted molar refractivity (Wildman–Crippen MR) is 58.9 cm³/mol. The van der Waals surface area contributed by atoms with Crippen molar-refractivity contribution in [1.29, 1.82) is 0 Å². The lowest BCUT2D eigenvalue weighted by Gasteiger charge is -2.09. The molecule has 0 bridgehead atoms. The van der Waals surface area contributed by atoms with Crippen LogP contribution in [0.4, 0.5) is 8.78 Å². The normalized spacial score (nSPS) is 10.5. The van der Waals surface area contributed by atoms with E-state index in [4.69, 9.17) is 0 Å². The summed E-state index contributed by atoms with van der Waals surface area (Å²) < 4.78 is 28.9. The lowest BCUT2D eigenvalue weighted by atomic mass is 10.1. The standard InChI is InChI=1S/C9H6Br2F2O2/c10-4-7(14)6-2-1-5(11)3-8(6)15-9(12)13/h1-3,9H,4H2. The van der Waals surface area contributed by atoms with Gasteiger partial charge < -0.3 is 4.74 Å². The molecule has 0 unspecified atom stereocenters. The Hall–Kier alpha value is -0.490. The number of ketones is 1. The Morgan fingerprint density at radius 2 is 2.13 bits per heavy atom. The Kier molecular flexibility index (Phi) is 4.66. The lowest BCUT2D eigenvalue weighted by Crippen LogP contribution is -2.08. The summed E-state index contributed by atoms with van der Waals surface area (Å²) >= 11 is 6.08. The minimum absolute atomic E-state index is 0.0637. The molecule has 0 radical (unpaired) electrons. The van der Waals surface area contributed by atoms with Crippen molar-refractivity contribution in [3.63, 3.8) is 0 Å². The van der Waals surface area contributed by atoms with Crippen LogP contribution < -0.4 is 4.74 Å². The molecule has 0 saturated heterocycles. The molecule has 0 aromatic heterocycles. The molecular weight excluding hydrogens is 338 g/mol. The largest absolute Gasteiger partial charge is 0.434 e. The number of hydrogen-bond acceptors (Lipinski definition) is 2. The van der Waals surface area contributed by atoms with Gasteiger partial charge in [-0.25, -0.2) is 0 Å². The van der Waals surface area contributed by atoms with Gasteiger partial charge in [-0.1, -0.05) is 31.9 Å². The zero-order valence-corrected chi connectivity index (χ0v) is 10.5. The summed E-state index contributed by atoms with van der Waals surface area (Å²) in [7, 11) is 0. The number of rotatable bonds is 4. The number of halogens is 4. The molecule has 0 aliphatic carbocycles. The maximum Gasteiger partial charge on any atom is 0.387 e. The first-order valence-electron chi connectivity index (χ1n) is 3.88. The van der Waals surface area contributed by atoms with Crippen LogP contribution in [-0.2, 0) is 0 Å². The Labute approximate surface area is 102 Å². The van der Waals surface area contributed by atoms with Crippen LogP contribution in [0.25, 0.3) is 0 Å². The molecule has 0 spiro atoms.